The van der Waals surface area contributed by atoms with E-state index in [0.29, 0.717) is 16.9 Å². The normalized spacial score (nSPS) is 11.1. The average molecular weight is 457 g/mol. The first kappa shape index (κ1) is 22.5. The monoisotopic (exact) mass is 456 g/mol. The second kappa shape index (κ2) is 9.32. The lowest BCUT2D eigenvalue weighted by Crippen LogP contribution is -2.31. The number of amides is 1. The largest absolute Gasteiger partial charge is 0.322 e. The van der Waals surface area contributed by atoms with E-state index in [9.17, 15) is 18.0 Å². The molecule has 8 heteroatoms. The number of hydrogen-bond acceptors (Lipinski definition) is 4. The van der Waals surface area contributed by atoms with Gasteiger partial charge in [-0.3, -0.25) is 13.9 Å². The lowest BCUT2D eigenvalue weighted by molar-refractivity contribution is 0.101. The van der Waals surface area contributed by atoms with Gasteiger partial charge in [-0.05, 0) is 56.3 Å². The Bertz CT molecular complexity index is 1230. The molecule has 1 N–H and O–H groups in total. The first-order chi connectivity index (χ1) is 14.7. The number of ketones is 1. The summed E-state index contributed by atoms with van der Waals surface area (Å²) in [5.41, 5.74) is 1.38. The highest BCUT2D eigenvalue weighted by molar-refractivity contribution is 7.92. The predicted octanol–water partition coefficient (Wildman–Crippen LogP) is 5.01. The maximum atomic E-state index is 13.2. The number of carbonyl (C=O) groups excluding carboxylic acids is 2. The maximum Gasteiger partial charge on any atom is 0.264 e. The van der Waals surface area contributed by atoms with Crippen LogP contribution in [0.25, 0.3) is 0 Å². The maximum absolute atomic E-state index is 13.2. The van der Waals surface area contributed by atoms with E-state index in [2.05, 4.69) is 5.32 Å². The molecule has 0 saturated heterocycles. The Kier molecular flexibility index (Phi) is 6.77. The number of para-hydroxylation sites is 1. The summed E-state index contributed by atoms with van der Waals surface area (Å²) in [5.74, 6) is -0.715. The molecule has 0 aliphatic rings. The van der Waals surface area contributed by atoms with Crippen molar-refractivity contribution in [2.24, 2.45) is 0 Å². The number of carbonyl (C=O) groups is 2. The highest BCUT2D eigenvalue weighted by atomic mass is 35.5. The fraction of sp³-hybridized carbons (Fsp3) is 0.130. The fourth-order valence-corrected chi connectivity index (χ4v) is 4.77. The molecular formula is C23H21ClN2O4S. The molecule has 0 aromatic heterocycles. The number of halogens is 1. The number of benzene rings is 3. The first-order valence-corrected chi connectivity index (χ1v) is 11.4. The molecule has 6 nitrogen and oxygen atoms in total. The Labute approximate surface area is 186 Å². The number of rotatable bonds is 7. The number of nitrogens with zero attached hydrogens (tertiary/aromatic N) is 1. The zero-order chi connectivity index (χ0) is 22.6. The highest BCUT2D eigenvalue weighted by Crippen LogP contribution is 2.27. The van der Waals surface area contributed by atoms with Crippen LogP contribution in [0.2, 0.25) is 5.02 Å². The van der Waals surface area contributed by atoms with Crippen molar-refractivity contribution in [3.8, 4) is 0 Å². The summed E-state index contributed by atoms with van der Waals surface area (Å²) in [6, 6.07) is 19.2. The SMILES string of the molecule is CCN(c1ccccc1)S(=O)(=O)c1ccc(Cl)c(C(=O)Nc2cccc(C(C)=O)c2)c1. The van der Waals surface area contributed by atoms with Gasteiger partial charge in [-0.25, -0.2) is 8.42 Å². The van der Waals surface area contributed by atoms with E-state index < -0.39 is 15.9 Å². The Hall–Kier alpha value is -3.16. The van der Waals surface area contributed by atoms with E-state index in [1.54, 1.807) is 61.5 Å². The Morgan fingerprint density at radius 3 is 2.32 bits per heavy atom. The summed E-state index contributed by atoms with van der Waals surface area (Å²) < 4.78 is 27.7. The van der Waals surface area contributed by atoms with Gasteiger partial charge in [-0.1, -0.05) is 41.9 Å². The summed E-state index contributed by atoms with van der Waals surface area (Å²) in [4.78, 5) is 24.3. The lowest BCUT2D eigenvalue weighted by atomic mass is 10.1. The van der Waals surface area contributed by atoms with Gasteiger partial charge in [-0.2, -0.15) is 0 Å². The van der Waals surface area contributed by atoms with Gasteiger partial charge in [0.1, 0.15) is 0 Å². The van der Waals surface area contributed by atoms with Gasteiger partial charge < -0.3 is 5.32 Å². The van der Waals surface area contributed by atoms with Crippen LogP contribution in [0.4, 0.5) is 11.4 Å². The van der Waals surface area contributed by atoms with E-state index >= 15 is 0 Å². The van der Waals surface area contributed by atoms with Gasteiger partial charge in [-0.15, -0.1) is 0 Å². The summed E-state index contributed by atoms with van der Waals surface area (Å²) >= 11 is 6.20. The lowest BCUT2D eigenvalue weighted by Gasteiger charge is -2.23. The highest BCUT2D eigenvalue weighted by Gasteiger charge is 2.25. The van der Waals surface area contributed by atoms with Crippen LogP contribution in [0.1, 0.15) is 34.6 Å². The first-order valence-electron chi connectivity index (χ1n) is 9.53. The Morgan fingerprint density at radius 1 is 0.968 bits per heavy atom. The molecule has 0 saturated carbocycles. The Morgan fingerprint density at radius 2 is 1.68 bits per heavy atom. The summed E-state index contributed by atoms with van der Waals surface area (Å²) in [6.07, 6.45) is 0. The average Bonchev–Trinajstić information content (AvgIpc) is 2.75. The summed E-state index contributed by atoms with van der Waals surface area (Å²) in [7, 11) is -3.92. The van der Waals surface area contributed by atoms with E-state index in [4.69, 9.17) is 11.6 Å². The van der Waals surface area contributed by atoms with Crippen molar-refractivity contribution in [3.63, 3.8) is 0 Å². The van der Waals surface area contributed by atoms with Gasteiger partial charge >= 0.3 is 0 Å². The molecule has 3 aromatic rings. The van der Waals surface area contributed by atoms with E-state index in [1.165, 1.54) is 29.4 Å². The Balaban J connectivity index is 1.95. The second-order valence-electron chi connectivity index (χ2n) is 6.74. The van der Waals surface area contributed by atoms with Gasteiger partial charge in [0.2, 0.25) is 0 Å². The van der Waals surface area contributed by atoms with Crippen molar-refractivity contribution in [2.45, 2.75) is 18.7 Å². The van der Waals surface area contributed by atoms with Crippen molar-refractivity contribution in [2.75, 3.05) is 16.2 Å². The molecule has 3 aromatic carbocycles. The molecule has 1 amide bonds. The minimum absolute atomic E-state index is 0.0140. The third-order valence-electron chi connectivity index (χ3n) is 4.63. The second-order valence-corrected chi connectivity index (χ2v) is 9.01. The number of anilines is 2. The quantitative estimate of drug-likeness (QED) is 0.506. The fourth-order valence-electron chi connectivity index (χ4n) is 3.07. The van der Waals surface area contributed by atoms with Crippen LogP contribution in [0.3, 0.4) is 0 Å². The zero-order valence-electron chi connectivity index (χ0n) is 17.0. The molecule has 0 spiro atoms. The molecule has 0 aliphatic carbocycles. The molecule has 0 aliphatic heterocycles. The van der Waals surface area contributed by atoms with Gasteiger partial charge in [0, 0.05) is 17.8 Å². The van der Waals surface area contributed by atoms with Crippen LogP contribution in [0, 0.1) is 0 Å². The van der Waals surface area contributed by atoms with Crippen LogP contribution in [0.5, 0.6) is 0 Å². The molecule has 3 rings (SSSR count). The smallest absolute Gasteiger partial charge is 0.264 e. The van der Waals surface area contributed by atoms with Crippen LogP contribution in [-0.2, 0) is 10.0 Å². The van der Waals surface area contributed by atoms with Crippen LogP contribution in [0.15, 0.2) is 77.7 Å². The van der Waals surface area contributed by atoms with Gasteiger partial charge in [0.15, 0.2) is 5.78 Å². The third-order valence-corrected chi connectivity index (χ3v) is 6.86. The number of Topliss-reactive ketones (excluding diaryl/α,β-unsaturated/α-hetero) is 1. The molecule has 0 heterocycles. The van der Waals surface area contributed by atoms with E-state index in [-0.39, 0.29) is 27.8 Å². The molecule has 0 bridgehead atoms. The standard InChI is InChI=1S/C23H21ClN2O4S/c1-3-26(19-10-5-4-6-11-19)31(29,30)20-12-13-22(24)21(15-20)23(28)25-18-9-7-8-17(14-18)16(2)27/h4-15H,3H2,1-2H3,(H,25,28). The van der Waals surface area contributed by atoms with Gasteiger partial charge in [0.05, 0.1) is 21.2 Å². The predicted molar refractivity (Wildman–Crippen MR) is 122 cm³/mol. The molecular weight excluding hydrogens is 436 g/mol. The van der Waals surface area contributed by atoms with Crippen molar-refractivity contribution in [1.29, 1.82) is 0 Å². The van der Waals surface area contributed by atoms with Crippen molar-refractivity contribution in [3.05, 3.63) is 88.9 Å². The topological polar surface area (TPSA) is 83.6 Å². The zero-order valence-corrected chi connectivity index (χ0v) is 18.6. The number of sulfonamides is 1. The van der Waals surface area contributed by atoms with E-state index in [1.807, 2.05) is 0 Å². The molecule has 0 radical (unpaired) electrons. The molecule has 160 valence electrons. The van der Waals surface area contributed by atoms with Crippen molar-refractivity contribution in [1.82, 2.24) is 0 Å². The number of hydrogen-bond donors (Lipinski definition) is 1. The molecule has 0 fully saturated rings. The molecule has 0 unspecified atom stereocenters. The van der Waals surface area contributed by atoms with Crippen LogP contribution < -0.4 is 9.62 Å². The van der Waals surface area contributed by atoms with Crippen LogP contribution in [-0.4, -0.2) is 26.7 Å². The van der Waals surface area contributed by atoms with Crippen LogP contribution >= 0.6 is 11.6 Å². The third kappa shape index (κ3) is 4.95. The molecule has 31 heavy (non-hydrogen) atoms. The number of nitrogens with one attached hydrogen (secondary N) is 1. The minimum Gasteiger partial charge on any atom is -0.322 e. The van der Waals surface area contributed by atoms with E-state index in [0.717, 1.165) is 0 Å². The van der Waals surface area contributed by atoms with Gasteiger partial charge in [0.25, 0.3) is 15.9 Å². The van der Waals surface area contributed by atoms with Crippen molar-refractivity contribution >= 4 is 44.7 Å². The summed E-state index contributed by atoms with van der Waals surface area (Å²) in [6.45, 7) is 3.38. The molecule has 0 atom stereocenters. The van der Waals surface area contributed by atoms with Crippen molar-refractivity contribution < 1.29 is 18.0 Å². The minimum atomic E-state index is -3.92. The summed E-state index contributed by atoms with van der Waals surface area (Å²) in [5, 5.41) is 2.78.